The Balaban J connectivity index is 1.87. The highest BCUT2D eigenvalue weighted by molar-refractivity contribution is 6.09. The predicted octanol–water partition coefficient (Wildman–Crippen LogP) is 6.24. The molecule has 2 heterocycles. The molecule has 0 saturated heterocycles. The van der Waals surface area contributed by atoms with Gasteiger partial charge in [0.15, 0.2) is 0 Å². The third-order valence-corrected chi connectivity index (χ3v) is 6.41. The summed E-state index contributed by atoms with van der Waals surface area (Å²) in [4.78, 5) is 3.70. The lowest BCUT2D eigenvalue weighted by Crippen LogP contribution is -2.46. The van der Waals surface area contributed by atoms with Crippen molar-refractivity contribution >= 4 is 21.8 Å². The van der Waals surface area contributed by atoms with Crippen LogP contribution in [0.2, 0.25) is 0 Å². The van der Waals surface area contributed by atoms with Crippen molar-refractivity contribution in [2.45, 2.75) is 51.6 Å². The Morgan fingerprint density at radius 3 is 2.84 bits per heavy atom. The number of aromatic amines is 1. The molecule has 25 heavy (non-hydrogen) atoms. The van der Waals surface area contributed by atoms with Crippen molar-refractivity contribution in [1.82, 2.24) is 4.98 Å². The Hall–Kier alpha value is -2.22. The number of benzene rings is 2. The maximum Gasteiger partial charge on any atom is 0.128 e. The minimum Gasteiger partial charge on any atom is -0.487 e. The number of aryl methyl sites for hydroxylation is 1. The van der Waals surface area contributed by atoms with Gasteiger partial charge < -0.3 is 9.72 Å². The average molecular weight is 331 g/mol. The zero-order valence-electron chi connectivity index (χ0n) is 15.3. The van der Waals surface area contributed by atoms with Crippen molar-refractivity contribution in [2.24, 2.45) is 5.92 Å². The first-order valence-corrected chi connectivity index (χ1v) is 9.35. The molecule has 1 aliphatic carbocycles. The molecule has 1 aliphatic heterocycles. The van der Waals surface area contributed by atoms with Crippen molar-refractivity contribution < 1.29 is 4.74 Å². The molecule has 2 aromatic carbocycles. The molecular formula is C23H25NO. The van der Waals surface area contributed by atoms with Crippen molar-refractivity contribution in [3.63, 3.8) is 0 Å². The van der Waals surface area contributed by atoms with Gasteiger partial charge in [-0.3, -0.25) is 0 Å². The van der Waals surface area contributed by atoms with Gasteiger partial charge in [0.2, 0.25) is 0 Å². The first-order valence-electron chi connectivity index (χ1n) is 9.35. The van der Waals surface area contributed by atoms with E-state index < -0.39 is 0 Å². The second-order valence-corrected chi connectivity index (χ2v) is 8.44. The first kappa shape index (κ1) is 15.1. The van der Waals surface area contributed by atoms with Gasteiger partial charge in [-0.25, -0.2) is 0 Å². The fourth-order valence-electron chi connectivity index (χ4n) is 5.21. The molecule has 2 nitrogen and oxygen atoms in total. The molecule has 1 N–H and O–H groups in total. The van der Waals surface area contributed by atoms with Crippen molar-refractivity contribution in [1.29, 1.82) is 0 Å². The Labute approximate surface area is 148 Å². The number of hydrogen-bond donors (Lipinski definition) is 1. The summed E-state index contributed by atoms with van der Waals surface area (Å²) in [6, 6.07) is 10.9. The number of para-hydroxylation sites is 1. The zero-order valence-corrected chi connectivity index (χ0v) is 15.3. The Morgan fingerprint density at radius 1 is 1.20 bits per heavy atom. The molecule has 0 amide bonds. The summed E-state index contributed by atoms with van der Waals surface area (Å²) in [6.45, 7) is 11.0. The van der Waals surface area contributed by atoms with Gasteiger partial charge in [-0.05, 0) is 63.6 Å². The SMILES string of the molecule is C=C1CCC2C(C1)c1c(c(C)cc3c1[nH]c1ccccc13)OC2(C)C. The fourth-order valence-corrected chi connectivity index (χ4v) is 5.21. The van der Waals surface area contributed by atoms with Crippen LogP contribution in [0.15, 0.2) is 42.5 Å². The summed E-state index contributed by atoms with van der Waals surface area (Å²) in [5.41, 5.74) is 6.37. The van der Waals surface area contributed by atoms with Gasteiger partial charge >= 0.3 is 0 Å². The lowest BCUT2D eigenvalue weighted by atomic mass is 9.65. The molecule has 3 aromatic rings. The van der Waals surface area contributed by atoms with E-state index in [-0.39, 0.29) is 5.60 Å². The lowest BCUT2D eigenvalue weighted by molar-refractivity contribution is 0.000135. The van der Waals surface area contributed by atoms with Crippen LogP contribution in [0, 0.1) is 12.8 Å². The Bertz CT molecular complexity index is 1020. The number of fused-ring (bicyclic) bond motifs is 7. The molecule has 128 valence electrons. The summed E-state index contributed by atoms with van der Waals surface area (Å²) in [5, 5.41) is 2.63. The van der Waals surface area contributed by atoms with Gasteiger partial charge in [-0.15, -0.1) is 0 Å². The minimum atomic E-state index is -0.122. The molecule has 0 radical (unpaired) electrons. The van der Waals surface area contributed by atoms with Crippen LogP contribution in [0.25, 0.3) is 21.8 Å². The highest BCUT2D eigenvalue weighted by Crippen LogP contribution is 2.55. The number of aromatic nitrogens is 1. The number of nitrogens with one attached hydrogen (secondary N) is 1. The highest BCUT2D eigenvalue weighted by Gasteiger charge is 2.46. The van der Waals surface area contributed by atoms with E-state index in [1.54, 1.807) is 0 Å². The van der Waals surface area contributed by atoms with Crippen LogP contribution < -0.4 is 4.74 Å². The summed E-state index contributed by atoms with van der Waals surface area (Å²) in [5.74, 6) is 2.14. The van der Waals surface area contributed by atoms with Gasteiger partial charge in [0.05, 0.1) is 5.52 Å². The van der Waals surface area contributed by atoms with Crippen LogP contribution in [-0.4, -0.2) is 10.6 Å². The fraction of sp³-hybridized carbons (Fsp3) is 0.391. The number of H-pyrrole nitrogens is 1. The van der Waals surface area contributed by atoms with Gasteiger partial charge in [0.25, 0.3) is 0 Å². The summed E-state index contributed by atoms with van der Waals surface area (Å²) in [6.07, 6.45) is 3.38. The molecule has 1 aromatic heterocycles. The maximum atomic E-state index is 6.61. The van der Waals surface area contributed by atoms with Gasteiger partial charge in [0.1, 0.15) is 11.4 Å². The monoisotopic (exact) mass is 331 g/mol. The molecule has 1 fully saturated rings. The first-order chi connectivity index (χ1) is 12.0. The summed E-state index contributed by atoms with van der Waals surface area (Å²) >= 11 is 0. The minimum absolute atomic E-state index is 0.122. The van der Waals surface area contributed by atoms with Gasteiger partial charge in [-0.2, -0.15) is 0 Å². The van der Waals surface area contributed by atoms with E-state index in [1.165, 1.54) is 44.9 Å². The molecular weight excluding hydrogens is 306 g/mol. The van der Waals surface area contributed by atoms with Gasteiger partial charge in [0, 0.05) is 27.8 Å². The molecule has 2 aliphatic rings. The van der Waals surface area contributed by atoms with E-state index in [1.807, 2.05) is 0 Å². The quantitative estimate of drug-likeness (QED) is 0.485. The summed E-state index contributed by atoms with van der Waals surface area (Å²) in [7, 11) is 0. The molecule has 2 heteroatoms. The zero-order chi connectivity index (χ0) is 17.3. The number of rotatable bonds is 0. The molecule has 5 rings (SSSR count). The van der Waals surface area contributed by atoms with E-state index in [9.17, 15) is 0 Å². The smallest absolute Gasteiger partial charge is 0.128 e. The van der Waals surface area contributed by atoms with Crippen molar-refractivity contribution in [3.05, 3.63) is 53.6 Å². The van der Waals surface area contributed by atoms with Crippen LogP contribution in [0.1, 0.15) is 50.2 Å². The van der Waals surface area contributed by atoms with Crippen LogP contribution in [0.3, 0.4) is 0 Å². The Morgan fingerprint density at radius 2 is 2.00 bits per heavy atom. The standard InChI is InChI=1S/C23H25NO/c1-13-9-10-18-17(11-13)20-21-16(15-7-5-6-8-19(15)24-21)12-14(2)22(20)25-23(18,3)4/h5-8,12,17-18,24H,1,9-11H2,2-4H3. The largest absolute Gasteiger partial charge is 0.487 e. The van der Waals surface area contributed by atoms with E-state index in [0.717, 1.165) is 18.6 Å². The van der Waals surface area contributed by atoms with Crippen LogP contribution >= 0.6 is 0 Å². The number of hydrogen-bond acceptors (Lipinski definition) is 1. The van der Waals surface area contributed by atoms with Crippen molar-refractivity contribution in [2.75, 3.05) is 0 Å². The normalized spacial score (nSPS) is 24.8. The van der Waals surface area contributed by atoms with E-state index >= 15 is 0 Å². The van der Waals surface area contributed by atoms with Crippen LogP contribution in [0.4, 0.5) is 0 Å². The second kappa shape index (κ2) is 4.91. The average Bonchev–Trinajstić information content (AvgIpc) is 2.93. The van der Waals surface area contributed by atoms with E-state index in [4.69, 9.17) is 4.74 Å². The third kappa shape index (κ3) is 2.03. The van der Waals surface area contributed by atoms with Crippen molar-refractivity contribution in [3.8, 4) is 5.75 Å². The molecule has 2 unspecified atom stereocenters. The predicted molar refractivity (Wildman–Crippen MR) is 104 cm³/mol. The van der Waals surface area contributed by atoms with Crippen LogP contribution in [0.5, 0.6) is 5.75 Å². The highest BCUT2D eigenvalue weighted by atomic mass is 16.5. The molecule has 0 spiro atoms. The van der Waals surface area contributed by atoms with E-state index in [2.05, 4.69) is 62.7 Å². The third-order valence-electron chi connectivity index (χ3n) is 6.41. The molecule has 1 saturated carbocycles. The number of ether oxygens (including phenoxy) is 1. The maximum absolute atomic E-state index is 6.61. The summed E-state index contributed by atoms with van der Waals surface area (Å²) < 4.78 is 6.61. The lowest BCUT2D eigenvalue weighted by Gasteiger charge is -2.48. The molecule has 0 bridgehead atoms. The second-order valence-electron chi connectivity index (χ2n) is 8.44. The van der Waals surface area contributed by atoms with Gasteiger partial charge in [-0.1, -0.05) is 30.4 Å². The number of allylic oxidation sites excluding steroid dienone is 1. The van der Waals surface area contributed by atoms with Crippen LogP contribution in [-0.2, 0) is 0 Å². The topological polar surface area (TPSA) is 25.0 Å². The Kier molecular flexibility index (Phi) is 2.96. The molecule has 2 atom stereocenters. The van der Waals surface area contributed by atoms with E-state index in [0.29, 0.717) is 11.8 Å².